The molecule has 1 aromatic heterocycles. The van der Waals surface area contributed by atoms with E-state index in [0.29, 0.717) is 6.04 Å². The topological polar surface area (TPSA) is 71.8 Å². The van der Waals surface area contributed by atoms with Gasteiger partial charge in [0.25, 0.3) is 0 Å². The second kappa shape index (κ2) is 6.13. The monoisotopic (exact) mass is 317 g/mol. The number of aryl methyl sites for hydroxylation is 2. The van der Waals surface area contributed by atoms with E-state index >= 15 is 0 Å². The van der Waals surface area contributed by atoms with Crippen molar-refractivity contribution in [3.8, 4) is 0 Å². The SMILES string of the molecule is Cc1nc2n(n1)CCC[C@@H]2NC(=O)N[C@H]1CCC[C@H](C2CC2)C1. The lowest BCUT2D eigenvalue weighted by atomic mass is 9.83. The standard InChI is InChI=1S/C17H27N5O/c1-11-18-16-15(6-3-9-22(16)21-11)20-17(23)19-14-5-2-4-13(10-14)12-7-8-12/h12-15H,2-10H2,1H3,(H2,19,20,23)/t13-,14-,15-/m0/s1. The van der Waals surface area contributed by atoms with Crippen molar-refractivity contribution in [2.45, 2.75) is 76.9 Å². The first-order valence-corrected chi connectivity index (χ1v) is 9.17. The molecule has 3 atom stereocenters. The Labute approximate surface area is 137 Å². The van der Waals surface area contributed by atoms with Crippen LogP contribution in [0.4, 0.5) is 4.79 Å². The average Bonchev–Trinajstić information content (AvgIpc) is 3.29. The van der Waals surface area contributed by atoms with Crippen molar-refractivity contribution in [2.24, 2.45) is 11.8 Å². The van der Waals surface area contributed by atoms with Crippen LogP contribution >= 0.6 is 0 Å². The van der Waals surface area contributed by atoms with Crippen LogP contribution in [0.1, 0.15) is 69.1 Å². The van der Waals surface area contributed by atoms with Gasteiger partial charge in [0, 0.05) is 12.6 Å². The molecule has 23 heavy (non-hydrogen) atoms. The molecule has 0 saturated heterocycles. The third-order valence-corrected chi connectivity index (χ3v) is 5.62. The summed E-state index contributed by atoms with van der Waals surface area (Å²) < 4.78 is 1.94. The van der Waals surface area contributed by atoms with Crippen molar-refractivity contribution in [1.29, 1.82) is 0 Å². The van der Waals surface area contributed by atoms with Gasteiger partial charge in [0.15, 0.2) is 0 Å². The Bertz CT molecular complexity index is 580. The Morgan fingerprint density at radius 2 is 1.96 bits per heavy atom. The molecule has 6 heteroatoms. The maximum atomic E-state index is 12.4. The van der Waals surface area contributed by atoms with Crippen LogP contribution in [0.2, 0.25) is 0 Å². The van der Waals surface area contributed by atoms with Crippen LogP contribution in [-0.4, -0.2) is 26.8 Å². The molecule has 6 nitrogen and oxygen atoms in total. The van der Waals surface area contributed by atoms with E-state index in [1.807, 2.05) is 11.6 Å². The zero-order valence-electron chi connectivity index (χ0n) is 13.9. The van der Waals surface area contributed by atoms with Crippen LogP contribution in [0.25, 0.3) is 0 Å². The second-order valence-corrected chi connectivity index (χ2v) is 7.51. The molecule has 0 radical (unpaired) electrons. The molecule has 0 unspecified atom stereocenters. The number of aromatic nitrogens is 3. The van der Waals surface area contributed by atoms with Crippen molar-refractivity contribution in [1.82, 2.24) is 25.4 Å². The van der Waals surface area contributed by atoms with Gasteiger partial charge in [0.1, 0.15) is 11.6 Å². The van der Waals surface area contributed by atoms with Gasteiger partial charge < -0.3 is 10.6 Å². The van der Waals surface area contributed by atoms with Crippen molar-refractivity contribution in [3.63, 3.8) is 0 Å². The Morgan fingerprint density at radius 3 is 2.78 bits per heavy atom. The molecule has 1 aliphatic heterocycles. The largest absolute Gasteiger partial charge is 0.335 e. The van der Waals surface area contributed by atoms with E-state index in [1.54, 1.807) is 0 Å². The van der Waals surface area contributed by atoms with E-state index in [-0.39, 0.29) is 12.1 Å². The van der Waals surface area contributed by atoms with Crippen LogP contribution in [0.15, 0.2) is 0 Å². The molecular weight excluding hydrogens is 290 g/mol. The smallest absolute Gasteiger partial charge is 0.315 e. The highest BCUT2D eigenvalue weighted by Crippen LogP contribution is 2.43. The van der Waals surface area contributed by atoms with Crippen LogP contribution < -0.4 is 10.6 Å². The lowest BCUT2D eigenvalue weighted by Crippen LogP contribution is -2.46. The third-order valence-electron chi connectivity index (χ3n) is 5.62. The van der Waals surface area contributed by atoms with Gasteiger partial charge in [-0.1, -0.05) is 12.8 Å². The predicted molar refractivity (Wildman–Crippen MR) is 86.9 cm³/mol. The van der Waals surface area contributed by atoms with Crippen molar-refractivity contribution >= 4 is 6.03 Å². The summed E-state index contributed by atoms with van der Waals surface area (Å²) in [6, 6.07) is 0.302. The molecule has 2 N–H and O–H groups in total. The Hall–Kier alpha value is -1.59. The minimum atomic E-state index is -0.0365. The molecule has 126 valence electrons. The number of urea groups is 1. The molecule has 2 amide bonds. The molecule has 4 rings (SSSR count). The maximum Gasteiger partial charge on any atom is 0.315 e. The molecule has 2 saturated carbocycles. The van der Waals surface area contributed by atoms with Crippen LogP contribution in [-0.2, 0) is 6.54 Å². The summed E-state index contributed by atoms with van der Waals surface area (Å²) >= 11 is 0. The minimum Gasteiger partial charge on any atom is -0.335 e. The first-order valence-electron chi connectivity index (χ1n) is 9.17. The molecule has 0 spiro atoms. The van der Waals surface area contributed by atoms with Crippen molar-refractivity contribution in [3.05, 3.63) is 11.6 Å². The molecule has 2 heterocycles. The summed E-state index contributed by atoms with van der Waals surface area (Å²) in [5, 5.41) is 10.7. The molecule has 0 aromatic carbocycles. The number of rotatable bonds is 3. The first-order chi connectivity index (χ1) is 11.2. The number of fused-ring (bicyclic) bond motifs is 1. The molecule has 2 fully saturated rings. The number of hydrogen-bond donors (Lipinski definition) is 2. The number of amides is 2. The van der Waals surface area contributed by atoms with Gasteiger partial charge in [-0.3, -0.25) is 0 Å². The third kappa shape index (κ3) is 3.35. The van der Waals surface area contributed by atoms with Gasteiger partial charge in [0.2, 0.25) is 0 Å². The van der Waals surface area contributed by atoms with Gasteiger partial charge in [-0.25, -0.2) is 14.5 Å². The average molecular weight is 317 g/mol. The van der Waals surface area contributed by atoms with Crippen LogP contribution in [0.3, 0.4) is 0 Å². The van der Waals surface area contributed by atoms with Crippen molar-refractivity contribution in [2.75, 3.05) is 0 Å². The summed E-state index contributed by atoms with van der Waals surface area (Å²) in [5.74, 6) is 3.48. The summed E-state index contributed by atoms with van der Waals surface area (Å²) in [6.45, 7) is 2.81. The molecule has 1 aromatic rings. The fourth-order valence-corrected chi connectivity index (χ4v) is 4.34. The molecular formula is C17H27N5O. The van der Waals surface area contributed by atoms with E-state index < -0.39 is 0 Å². The quantitative estimate of drug-likeness (QED) is 0.900. The Balaban J connectivity index is 1.33. The van der Waals surface area contributed by atoms with Crippen LogP contribution in [0.5, 0.6) is 0 Å². The van der Waals surface area contributed by atoms with E-state index in [0.717, 1.165) is 55.7 Å². The fraction of sp³-hybridized carbons (Fsp3) is 0.824. The minimum absolute atomic E-state index is 0.00669. The fourth-order valence-electron chi connectivity index (χ4n) is 4.34. The van der Waals surface area contributed by atoms with Crippen LogP contribution in [0, 0.1) is 18.8 Å². The lowest BCUT2D eigenvalue weighted by molar-refractivity contribution is 0.214. The van der Waals surface area contributed by atoms with Gasteiger partial charge in [-0.05, 0) is 57.3 Å². The van der Waals surface area contributed by atoms with E-state index in [1.165, 1.54) is 25.7 Å². The Kier molecular flexibility index (Phi) is 3.99. The van der Waals surface area contributed by atoms with Crippen molar-refractivity contribution < 1.29 is 4.79 Å². The van der Waals surface area contributed by atoms with E-state index in [9.17, 15) is 4.79 Å². The van der Waals surface area contributed by atoms with E-state index in [2.05, 4.69) is 20.7 Å². The van der Waals surface area contributed by atoms with Gasteiger partial charge in [0.05, 0.1) is 6.04 Å². The highest BCUT2D eigenvalue weighted by atomic mass is 16.2. The first kappa shape index (κ1) is 15.0. The molecule has 0 bridgehead atoms. The highest BCUT2D eigenvalue weighted by molar-refractivity contribution is 5.74. The van der Waals surface area contributed by atoms with E-state index in [4.69, 9.17) is 0 Å². The maximum absolute atomic E-state index is 12.4. The highest BCUT2D eigenvalue weighted by Gasteiger charge is 2.35. The summed E-state index contributed by atoms with van der Waals surface area (Å²) in [6.07, 6.45) is 9.68. The molecule has 3 aliphatic rings. The number of hydrogen-bond acceptors (Lipinski definition) is 3. The Morgan fingerprint density at radius 1 is 1.09 bits per heavy atom. The summed E-state index contributed by atoms with van der Waals surface area (Å²) in [5.41, 5.74) is 0. The summed E-state index contributed by atoms with van der Waals surface area (Å²) in [4.78, 5) is 16.9. The normalized spacial score (nSPS) is 30.6. The summed E-state index contributed by atoms with van der Waals surface area (Å²) in [7, 11) is 0. The predicted octanol–water partition coefficient (Wildman–Crippen LogP) is 2.69. The molecule has 2 aliphatic carbocycles. The zero-order valence-corrected chi connectivity index (χ0v) is 13.9. The lowest BCUT2D eigenvalue weighted by Gasteiger charge is -2.31. The number of carbonyl (C=O) groups is 1. The van der Waals surface area contributed by atoms with Gasteiger partial charge in [-0.2, -0.15) is 5.10 Å². The van der Waals surface area contributed by atoms with Gasteiger partial charge >= 0.3 is 6.03 Å². The second-order valence-electron chi connectivity index (χ2n) is 7.51. The van der Waals surface area contributed by atoms with Gasteiger partial charge in [-0.15, -0.1) is 0 Å². The zero-order chi connectivity index (χ0) is 15.8. The number of carbonyl (C=O) groups excluding carboxylic acids is 1. The number of nitrogens with one attached hydrogen (secondary N) is 2. The number of nitrogens with zero attached hydrogens (tertiary/aromatic N) is 3.